The second kappa shape index (κ2) is 5.25. The van der Waals surface area contributed by atoms with Crippen molar-refractivity contribution in [3.8, 4) is 0 Å². The van der Waals surface area contributed by atoms with Crippen LogP contribution in [0.4, 0.5) is 13.2 Å². The van der Waals surface area contributed by atoms with Gasteiger partial charge in [-0.25, -0.2) is 0 Å². The Balaban J connectivity index is 3.05. The number of rotatable bonds is 3. The molecule has 0 heterocycles. The molecule has 17 heavy (non-hydrogen) atoms. The lowest BCUT2D eigenvalue weighted by molar-refractivity contribution is -0.137. The Labute approximate surface area is 102 Å². The summed E-state index contributed by atoms with van der Waals surface area (Å²) in [7, 11) is 0. The highest BCUT2D eigenvalue weighted by atomic mass is 35.5. The SMILES string of the molecule is CC[C@H](O)[C@H](N)c1ccc(C(F)(F)F)c(Cl)c1. The largest absolute Gasteiger partial charge is 0.417 e. The van der Waals surface area contributed by atoms with Crippen molar-refractivity contribution in [2.75, 3.05) is 0 Å². The van der Waals surface area contributed by atoms with Crippen molar-refractivity contribution < 1.29 is 18.3 Å². The third kappa shape index (κ3) is 3.34. The first-order chi connectivity index (χ1) is 7.77. The van der Waals surface area contributed by atoms with Gasteiger partial charge in [-0.15, -0.1) is 0 Å². The summed E-state index contributed by atoms with van der Waals surface area (Å²) in [6.45, 7) is 1.73. The zero-order valence-electron chi connectivity index (χ0n) is 9.13. The van der Waals surface area contributed by atoms with Gasteiger partial charge in [0.05, 0.1) is 22.7 Å². The van der Waals surface area contributed by atoms with Gasteiger partial charge in [-0.3, -0.25) is 0 Å². The van der Waals surface area contributed by atoms with E-state index in [1.807, 2.05) is 0 Å². The third-order valence-corrected chi connectivity index (χ3v) is 2.83. The van der Waals surface area contributed by atoms with E-state index in [1.165, 1.54) is 6.07 Å². The van der Waals surface area contributed by atoms with Crippen molar-refractivity contribution in [1.82, 2.24) is 0 Å². The number of halogens is 4. The quantitative estimate of drug-likeness (QED) is 0.884. The van der Waals surface area contributed by atoms with Crippen LogP contribution >= 0.6 is 11.6 Å². The van der Waals surface area contributed by atoms with Crippen LogP contribution in [0.5, 0.6) is 0 Å². The predicted molar refractivity (Wildman–Crippen MR) is 59.7 cm³/mol. The molecule has 2 nitrogen and oxygen atoms in total. The van der Waals surface area contributed by atoms with Gasteiger partial charge in [-0.1, -0.05) is 24.6 Å². The maximum Gasteiger partial charge on any atom is 0.417 e. The summed E-state index contributed by atoms with van der Waals surface area (Å²) in [6, 6.07) is 2.52. The average Bonchev–Trinajstić information content (AvgIpc) is 2.25. The van der Waals surface area contributed by atoms with Crippen LogP contribution in [0.2, 0.25) is 5.02 Å². The van der Waals surface area contributed by atoms with Crippen molar-refractivity contribution in [3.63, 3.8) is 0 Å². The van der Waals surface area contributed by atoms with E-state index in [-0.39, 0.29) is 0 Å². The molecule has 2 atom stereocenters. The van der Waals surface area contributed by atoms with Crippen LogP contribution in [0.3, 0.4) is 0 Å². The number of hydrogen-bond acceptors (Lipinski definition) is 2. The van der Waals surface area contributed by atoms with Crippen LogP contribution in [0.15, 0.2) is 18.2 Å². The molecule has 0 radical (unpaired) electrons. The van der Waals surface area contributed by atoms with Gasteiger partial charge in [0.15, 0.2) is 0 Å². The van der Waals surface area contributed by atoms with Crippen LogP contribution < -0.4 is 5.73 Å². The van der Waals surface area contributed by atoms with Gasteiger partial charge < -0.3 is 10.8 Å². The minimum atomic E-state index is -4.48. The molecule has 0 saturated heterocycles. The van der Waals surface area contributed by atoms with E-state index in [0.717, 1.165) is 12.1 Å². The predicted octanol–water partition coefficient (Wildman–Crippen LogP) is 3.13. The first-order valence-corrected chi connectivity index (χ1v) is 5.45. The fourth-order valence-corrected chi connectivity index (χ4v) is 1.74. The molecule has 0 spiro atoms. The molecule has 0 unspecified atom stereocenters. The van der Waals surface area contributed by atoms with E-state index in [4.69, 9.17) is 17.3 Å². The second-order valence-electron chi connectivity index (χ2n) is 3.74. The third-order valence-electron chi connectivity index (χ3n) is 2.52. The molecule has 1 rings (SSSR count). The highest BCUT2D eigenvalue weighted by Crippen LogP contribution is 2.35. The molecule has 0 aromatic heterocycles. The molecular formula is C11H13ClF3NO. The fraction of sp³-hybridized carbons (Fsp3) is 0.455. The second-order valence-corrected chi connectivity index (χ2v) is 4.15. The smallest absolute Gasteiger partial charge is 0.391 e. The first kappa shape index (κ1) is 14.3. The summed E-state index contributed by atoms with van der Waals surface area (Å²) in [6.07, 6.45) is -4.87. The Bertz CT molecular complexity index is 395. The molecule has 96 valence electrons. The fourth-order valence-electron chi connectivity index (χ4n) is 1.44. The van der Waals surface area contributed by atoms with Gasteiger partial charge in [-0.2, -0.15) is 13.2 Å². The monoisotopic (exact) mass is 267 g/mol. The maximum atomic E-state index is 12.4. The Morgan fingerprint density at radius 1 is 1.41 bits per heavy atom. The van der Waals surface area contributed by atoms with Crippen molar-refractivity contribution >= 4 is 11.6 Å². The lowest BCUT2D eigenvalue weighted by Crippen LogP contribution is -2.25. The highest BCUT2D eigenvalue weighted by Gasteiger charge is 2.33. The van der Waals surface area contributed by atoms with E-state index >= 15 is 0 Å². The summed E-state index contributed by atoms with van der Waals surface area (Å²) < 4.78 is 37.3. The number of nitrogens with two attached hydrogens (primary N) is 1. The van der Waals surface area contributed by atoms with Crippen LogP contribution in [0, 0.1) is 0 Å². The van der Waals surface area contributed by atoms with Crippen molar-refractivity contribution in [2.24, 2.45) is 5.73 Å². The molecule has 0 bridgehead atoms. The molecule has 0 aliphatic carbocycles. The van der Waals surface area contributed by atoms with Gasteiger partial charge >= 0.3 is 6.18 Å². The van der Waals surface area contributed by atoms with Crippen LogP contribution in [-0.4, -0.2) is 11.2 Å². The minimum Gasteiger partial charge on any atom is -0.391 e. The molecule has 0 aliphatic rings. The zero-order chi connectivity index (χ0) is 13.2. The Hall–Kier alpha value is -0.780. The van der Waals surface area contributed by atoms with E-state index in [0.29, 0.717) is 12.0 Å². The Morgan fingerprint density at radius 3 is 2.41 bits per heavy atom. The van der Waals surface area contributed by atoms with E-state index in [2.05, 4.69) is 0 Å². The minimum absolute atomic E-state index is 0.386. The van der Waals surface area contributed by atoms with Crippen molar-refractivity contribution in [2.45, 2.75) is 31.7 Å². The molecule has 1 aromatic carbocycles. The number of aliphatic hydroxyl groups excluding tert-OH is 1. The van der Waals surface area contributed by atoms with Crippen LogP contribution in [0.25, 0.3) is 0 Å². The van der Waals surface area contributed by atoms with Crippen molar-refractivity contribution in [3.05, 3.63) is 34.3 Å². The maximum absolute atomic E-state index is 12.4. The molecule has 0 fully saturated rings. The highest BCUT2D eigenvalue weighted by molar-refractivity contribution is 6.31. The molecule has 0 amide bonds. The summed E-state index contributed by atoms with van der Waals surface area (Å²) in [5.74, 6) is 0. The first-order valence-electron chi connectivity index (χ1n) is 5.07. The number of hydrogen-bond donors (Lipinski definition) is 2. The molecular weight excluding hydrogens is 255 g/mol. The summed E-state index contributed by atoms with van der Waals surface area (Å²) in [4.78, 5) is 0. The summed E-state index contributed by atoms with van der Waals surface area (Å²) in [5.41, 5.74) is 5.17. The number of alkyl halides is 3. The number of benzene rings is 1. The van der Waals surface area contributed by atoms with Gasteiger partial charge in [0.2, 0.25) is 0 Å². The van der Waals surface area contributed by atoms with Crippen molar-refractivity contribution in [1.29, 1.82) is 0 Å². The molecule has 6 heteroatoms. The standard InChI is InChI=1S/C11H13ClF3NO/c1-2-9(17)10(16)6-3-4-7(8(12)5-6)11(13,14)15/h3-5,9-10,17H,2,16H2,1H3/t9-,10+/m0/s1. The summed E-state index contributed by atoms with van der Waals surface area (Å²) >= 11 is 5.55. The van der Waals surface area contributed by atoms with E-state index < -0.39 is 28.9 Å². The molecule has 3 N–H and O–H groups in total. The normalized spacial score (nSPS) is 15.7. The Morgan fingerprint density at radius 2 is 2.00 bits per heavy atom. The molecule has 1 aromatic rings. The molecule has 0 saturated carbocycles. The number of aliphatic hydroxyl groups is 1. The zero-order valence-corrected chi connectivity index (χ0v) is 9.89. The lowest BCUT2D eigenvalue weighted by atomic mass is 9.99. The van der Waals surface area contributed by atoms with Gasteiger partial charge in [-0.05, 0) is 24.1 Å². The van der Waals surface area contributed by atoms with Crippen LogP contribution in [0.1, 0.15) is 30.5 Å². The lowest BCUT2D eigenvalue weighted by Gasteiger charge is -2.19. The molecule has 0 aliphatic heterocycles. The topological polar surface area (TPSA) is 46.2 Å². The van der Waals surface area contributed by atoms with Gasteiger partial charge in [0, 0.05) is 0 Å². The Kier molecular flexibility index (Phi) is 4.41. The van der Waals surface area contributed by atoms with Crippen LogP contribution in [-0.2, 0) is 6.18 Å². The van der Waals surface area contributed by atoms with E-state index in [9.17, 15) is 18.3 Å². The van der Waals surface area contributed by atoms with Gasteiger partial charge in [0.25, 0.3) is 0 Å². The van der Waals surface area contributed by atoms with Gasteiger partial charge in [0.1, 0.15) is 0 Å². The summed E-state index contributed by atoms with van der Waals surface area (Å²) in [5, 5.41) is 9.10. The van der Waals surface area contributed by atoms with E-state index in [1.54, 1.807) is 6.92 Å². The average molecular weight is 268 g/mol.